The zero-order valence-corrected chi connectivity index (χ0v) is 54.5. The molecule has 0 saturated heterocycles. The molecule has 0 saturated carbocycles. The number of nitrogens with zero attached hydrogens (tertiary/aromatic N) is 5. The average Bonchev–Trinajstić information content (AvgIpc) is 0.902. The van der Waals surface area contributed by atoms with Gasteiger partial charge in [-0.25, -0.2) is 4.98 Å². The molecule has 14 aromatic rings. The van der Waals surface area contributed by atoms with E-state index < -0.39 is 85.8 Å². The fraction of sp³-hybridized carbons (Fsp3) is 0.233. The van der Waals surface area contributed by atoms with Gasteiger partial charge >= 0.3 is 0 Å². The molecule has 1 aliphatic heterocycles. The van der Waals surface area contributed by atoms with E-state index in [1.54, 1.807) is 35.0 Å². The van der Waals surface area contributed by atoms with E-state index in [9.17, 15) is 17.8 Å². The van der Waals surface area contributed by atoms with Gasteiger partial charge in [-0.1, -0.05) is 203 Å². The van der Waals surface area contributed by atoms with Gasteiger partial charge in [0.15, 0.2) is 0 Å². The van der Waals surface area contributed by atoms with Crippen LogP contribution in [-0.4, -0.2) is 18.7 Å². The smallest absolute Gasteiger partial charge is 0.268 e. The summed E-state index contributed by atoms with van der Waals surface area (Å²) < 4.78 is 194. The van der Waals surface area contributed by atoms with Crippen molar-refractivity contribution in [1.82, 2.24) is 18.7 Å². The number of para-hydroxylation sites is 4. The van der Waals surface area contributed by atoms with E-state index in [2.05, 4.69) is 131 Å². The van der Waals surface area contributed by atoms with Crippen molar-refractivity contribution in [2.45, 2.75) is 129 Å². The van der Waals surface area contributed by atoms with E-state index in [1.165, 1.54) is 6.07 Å². The first kappa shape index (κ1) is 41.5. The van der Waals surface area contributed by atoms with Crippen LogP contribution in [0.25, 0.3) is 122 Å². The first-order valence-corrected chi connectivity index (χ1v) is 31.2. The fourth-order valence-corrected chi connectivity index (χ4v) is 14.6. The Balaban J connectivity index is 0.00000949. The Morgan fingerprint density at radius 3 is 1.80 bits per heavy atom. The van der Waals surface area contributed by atoms with E-state index in [1.807, 2.05) is 102 Å². The predicted molar refractivity (Wildman–Crippen MR) is 379 cm³/mol. The second-order valence-electron chi connectivity index (χ2n) is 27.3. The van der Waals surface area contributed by atoms with E-state index in [-0.39, 0.29) is 54.1 Å². The molecule has 0 amide bonds. The Labute approximate surface area is 587 Å². The predicted octanol–water partition coefficient (Wildman–Crippen LogP) is 21.7. The summed E-state index contributed by atoms with van der Waals surface area (Å²) in [6, 6.07) is 62.4. The number of aromatic nitrogens is 5. The standard InChI is InChI=1S/C86H75N5O.Pt/c1-82(2,3)55-38-43-87-79(47-55)91-75-32-19-16-28-63(75)64-36-35-58(49-77(64)91)92-57-23-20-22-56(48-57)88-52-89-80-65(29-21-33-76(80)90-73-30-17-14-26-61(73)62-27-15-18-31-74(62)90)67-51-72-71(85(8,9)41-42-86(72,10)11)50-66(67)59-24-12-13-25-60(59)68-44-54(46-78(88)81(68)89)53-34-37-69-70(45-53)84(6,7)40-39-83(69,4)5;/h12-38,43-47,50-51H,39-42H2,1-11H3;/q-2;/i4D3,5D3,6D3,7D3,34D,37D,39D2,40D2,45D;. The molecular weight excluding hydrogens is 1310 g/mol. The van der Waals surface area contributed by atoms with Crippen molar-refractivity contribution < 1.29 is 56.4 Å². The molecule has 0 bridgehead atoms. The van der Waals surface area contributed by atoms with E-state index in [0.717, 1.165) is 84.3 Å². The third kappa shape index (κ3) is 9.20. The minimum Gasteiger partial charge on any atom is -0.510 e. The molecule has 3 aliphatic rings. The van der Waals surface area contributed by atoms with Crippen LogP contribution in [0.4, 0.5) is 0 Å². The first-order chi connectivity index (χ1) is 52.0. The quantitative estimate of drug-likeness (QED) is 0.123. The van der Waals surface area contributed by atoms with Gasteiger partial charge in [0.1, 0.15) is 5.82 Å². The molecule has 0 spiro atoms. The monoisotopic (exact) mass is 1410 g/mol. The van der Waals surface area contributed by atoms with Crippen molar-refractivity contribution in [2.75, 3.05) is 0 Å². The number of imidazole rings is 1. The Kier molecular flexibility index (Phi) is 9.35. The molecule has 2 aliphatic carbocycles. The van der Waals surface area contributed by atoms with Crippen molar-refractivity contribution in [3.63, 3.8) is 0 Å². The van der Waals surface area contributed by atoms with Crippen LogP contribution in [0.5, 0.6) is 11.5 Å². The summed E-state index contributed by atoms with van der Waals surface area (Å²) >= 11 is 0. The van der Waals surface area contributed by atoms with Crippen molar-refractivity contribution in [3.05, 3.63) is 253 Å². The molecule has 462 valence electrons. The SMILES string of the molecule is [2H]c1c([2H])c2c(c([2H])c1-c1cc3c4c(c1)n(-c1[c-]c(Oc5[c-]c6c(cc5)c5ccccc5n6-c5cc(C(C)(C)C)ccn5)ccc1)[c-][n+]4-c1c(cccc1-n1c4ccccc4c4ccccc41)-c1cc4c(cc1-c1ccccc1-3)C(C)(C)CCC4(C)C)C(C([2H])([2H])[2H])(C([2H])([2H])[2H])C([2H])([2H])C([2H])([2H])C2(C([2H])([2H])[2H])C([2H])([2H])[2H].[Pt]. The van der Waals surface area contributed by atoms with Crippen molar-refractivity contribution >= 4 is 54.6 Å². The summed E-state index contributed by atoms with van der Waals surface area (Å²) in [6.45, 7) is -1.61. The zero-order chi connectivity index (χ0) is 79.2. The molecule has 0 radical (unpaired) electrons. The number of pyridine rings is 1. The Hall–Kier alpha value is -9.09. The summed E-state index contributed by atoms with van der Waals surface area (Å²) in [5.41, 5.74) is -0.424. The van der Waals surface area contributed by atoms with E-state index >= 15 is 0 Å². The van der Waals surface area contributed by atoms with Crippen LogP contribution in [0.2, 0.25) is 0 Å². The van der Waals surface area contributed by atoms with Gasteiger partial charge in [-0.3, -0.25) is 4.57 Å². The number of fused-ring (bicyclic) bond motifs is 15. The molecule has 0 fully saturated rings. The Morgan fingerprint density at radius 2 is 1.12 bits per heavy atom. The number of ether oxygens (including phenoxy) is 1. The molecule has 5 heterocycles. The molecule has 0 N–H and O–H groups in total. The van der Waals surface area contributed by atoms with Crippen LogP contribution < -0.4 is 9.30 Å². The fourth-order valence-electron chi connectivity index (χ4n) is 14.6. The van der Waals surface area contributed by atoms with Crippen LogP contribution in [0.1, 0.15) is 155 Å². The average molecular weight is 1410 g/mol. The first-order valence-electron chi connectivity index (χ1n) is 40.7. The van der Waals surface area contributed by atoms with Gasteiger partial charge in [0, 0.05) is 77.0 Å². The molecule has 0 atom stereocenters. The van der Waals surface area contributed by atoms with Gasteiger partial charge in [-0.15, -0.1) is 29.7 Å². The summed E-state index contributed by atoms with van der Waals surface area (Å²) in [5, 5.41) is 3.82. The maximum Gasteiger partial charge on any atom is 0.268 e. The van der Waals surface area contributed by atoms with Crippen LogP contribution >= 0.6 is 0 Å². The summed E-state index contributed by atoms with van der Waals surface area (Å²) in [7, 11) is 0. The van der Waals surface area contributed by atoms with Gasteiger partial charge in [-0.05, 0) is 185 Å². The molecule has 93 heavy (non-hydrogen) atoms. The Bertz CT molecular complexity index is 6240. The van der Waals surface area contributed by atoms with Crippen LogP contribution in [0.15, 0.2) is 206 Å². The second-order valence-corrected chi connectivity index (χ2v) is 27.3. The third-order valence-electron chi connectivity index (χ3n) is 19.5. The van der Waals surface area contributed by atoms with Gasteiger partial charge in [0.25, 0.3) is 6.33 Å². The zero-order valence-electron chi connectivity index (χ0n) is 71.3. The minimum absolute atomic E-state index is 0. The summed E-state index contributed by atoms with van der Waals surface area (Å²) in [4.78, 5) is 4.89. The van der Waals surface area contributed by atoms with E-state index in [4.69, 9.17) is 17.9 Å². The number of hydrogen-bond acceptors (Lipinski definition) is 2. The maximum atomic E-state index is 10.6. The summed E-state index contributed by atoms with van der Waals surface area (Å²) in [5.74, 6) is 1.21. The largest absolute Gasteiger partial charge is 0.510 e. The molecule has 4 aromatic heterocycles. The normalized spacial score (nSPS) is 20.4. The van der Waals surface area contributed by atoms with Gasteiger partial charge in [0.05, 0.1) is 37.6 Å². The molecule has 0 unspecified atom stereocenters. The Morgan fingerprint density at radius 1 is 0.527 bits per heavy atom. The number of rotatable bonds is 6. The van der Waals surface area contributed by atoms with Crippen molar-refractivity contribution in [2.24, 2.45) is 0 Å². The number of hydrogen-bond donors (Lipinski definition) is 0. The molecule has 7 heteroatoms. The van der Waals surface area contributed by atoms with Crippen molar-refractivity contribution in [3.8, 4) is 78.9 Å². The van der Waals surface area contributed by atoms with Gasteiger partial charge < -0.3 is 18.4 Å². The molecular formula is C86H75N5OPt-2. The summed E-state index contributed by atoms with van der Waals surface area (Å²) in [6.07, 6.45) is -1.69. The molecule has 6 nitrogen and oxygen atoms in total. The second kappa shape index (κ2) is 21.0. The van der Waals surface area contributed by atoms with Crippen LogP contribution in [0.3, 0.4) is 0 Å². The van der Waals surface area contributed by atoms with Crippen LogP contribution in [-0.2, 0) is 48.1 Å². The van der Waals surface area contributed by atoms with Crippen LogP contribution in [0, 0.1) is 18.5 Å². The van der Waals surface area contributed by atoms with Crippen molar-refractivity contribution in [1.29, 1.82) is 0 Å². The maximum absolute atomic E-state index is 10.6. The third-order valence-corrected chi connectivity index (χ3v) is 19.5. The molecule has 17 rings (SSSR count). The topological polar surface area (TPSA) is 40.8 Å². The van der Waals surface area contributed by atoms with E-state index in [0.29, 0.717) is 56.4 Å². The molecule has 10 aromatic carbocycles. The van der Waals surface area contributed by atoms with Gasteiger partial charge in [0.2, 0.25) is 0 Å². The van der Waals surface area contributed by atoms with Gasteiger partial charge in [-0.2, -0.15) is 18.2 Å². The number of benzene rings is 10. The minimum atomic E-state index is -4.55.